The van der Waals surface area contributed by atoms with Gasteiger partial charge in [0.15, 0.2) is 0 Å². The lowest BCUT2D eigenvalue weighted by Crippen LogP contribution is -2.15. The maximum atomic E-state index is 6.06. The summed E-state index contributed by atoms with van der Waals surface area (Å²) in [5, 5.41) is 4.61. The molecule has 2 nitrogen and oxygen atoms in total. The van der Waals surface area contributed by atoms with Crippen LogP contribution in [0.25, 0.3) is 0 Å². The van der Waals surface area contributed by atoms with E-state index in [0.717, 1.165) is 34.4 Å². The van der Waals surface area contributed by atoms with Gasteiger partial charge in [0, 0.05) is 16.6 Å². The zero-order valence-electron chi connectivity index (χ0n) is 14.5. The van der Waals surface area contributed by atoms with Crippen molar-refractivity contribution in [2.45, 2.75) is 45.8 Å². The number of ether oxygens (including phenoxy) is 1. The molecular weight excluding hydrogens is 421 g/mol. The smallest absolute Gasteiger partial charge is 0.124 e. The van der Waals surface area contributed by atoms with Gasteiger partial charge in [0.25, 0.3) is 0 Å². The second-order valence-electron chi connectivity index (χ2n) is 6.03. The Bertz CT molecular complexity index is 679. The Kier molecular flexibility index (Phi) is 9.11. The predicted octanol–water partition coefficient (Wildman–Crippen LogP) is 7.00. The maximum Gasteiger partial charge on any atom is 0.124 e. The number of benzene rings is 2. The van der Waals surface area contributed by atoms with Crippen molar-refractivity contribution in [1.29, 1.82) is 0 Å². The summed E-state index contributed by atoms with van der Waals surface area (Å²) in [6.45, 7) is 4.51. The zero-order chi connectivity index (χ0) is 18.1. The van der Waals surface area contributed by atoms with E-state index < -0.39 is 0 Å². The lowest BCUT2D eigenvalue weighted by atomic mass is 10.2. The van der Waals surface area contributed by atoms with E-state index in [-0.39, 0.29) is 0 Å². The Hall–Kier alpha value is -0.740. The third kappa shape index (κ3) is 7.18. The quantitative estimate of drug-likeness (QED) is 0.398. The average Bonchev–Trinajstić information content (AvgIpc) is 2.60. The molecule has 0 aromatic heterocycles. The molecule has 25 heavy (non-hydrogen) atoms. The van der Waals surface area contributed by atoms with Crippen LogP contribution in [0.5, 0.6) is 5.75 Å². The lowest BCUT2D eigenvalue weighted by molar-refractivity contribution is 0.302. The molecule has 0 amide bonds. The Balaban J connectivity index is 1.92. The molecule has 0 aliphatic rings. The van der Waals surface area contributed by atoms with Crippen LogP contribution < -0.4 is 10.1 Å². The molecule has 0 aliphatic heterocycles. The highest BCUT2D eigenvalue weighted by Gasteiger charge is 2.06. The van der Waals surface area contributed by atoms with Crippen LogP contribution in [0.2, 0.25) is 10.0 Å². The van der Waals surface area contributed by atoms with Crippen LogP contribution in [-0.2, 0) is 13.2 Å². The second kappa shape index (κ2) is 11.1. The summed E-state index contributed by atoms with van der Waals surface area (Å²) in [6.07, 6.45) is 5.05. The standard InChI is InChI=1S/C20H24BrCl2NO/c1-2-3-4-5-10-24-13-16-12-17(21)7-9-20(16)25-14-15-6-8-18(22)19(23)11-15/h6-9,11-12,24H,2-5,10,13-14H2,1H3. The highest BCUT2D eigenvalue weighted by atomic mass is 79.9. The first kappa shape index (κ1) is 20.6. The number of hydrogen-bond acceptors (Lipinski definition) is 2. The number of nitrogens with one attached hydrogen (secondary N) is 1. The fraction of sp³-hybridized carbons (Fsp3) is 0.400. The van der Waals surface area contributed by atoms with E-state index in [2.05, 4.69) is 34.2 Å². The van der Waals surface area contributed by atoms with Gasteiger partial charge in [-0.1, -0.05) is 71.4 Å². The van der Waals surface area contributed by atoms with Gasteiger partial charge in [0.2, 0.25) is 0 Å². The second-order valence-corrected chi connectivity index (χ2v) is 7.76. The molecule has 0 atom stereocenters. The van der Waals surface area contributed by atoms with Crippen molar-refractivity contribution in [2.75, 3.05) is 6.54 Å². The molecule has 0 fully saturated rings. The van der Waals surface area contributed by atoms with Crippen LogP contribution >= 0.6 is 39.1 Å². The third-order valence-corrected chi connectivity index (χ3v) is 5.16. The summed E-state index contributed by atoms with van der Waals surface area (Å²) in [5.41, 5.74) is 2.14. The van der Waals surface area contributed by atoms with Gasteiger partial charge in [0.05, 0.1) is 10.0 Å². The molecular formula is C20H24BrCl2NO. The van der Waals surface area contributed by atoms with Crippen LogP contribution in [0, 0.1) is 0 Å². The van der Waals surface area contributed by atoms with E-state index in [0.29, 0.717) is 16.7 Å². The number of unbranched alkanes of at least 4 members (excludes halogenated alkanes) is 3. The van der Waals surface area contributed by atoms with Crippen LogP contribution in [0.4, 0.5) is 0 Å². The summed E-state index contributed by atoms with van der Waals surface area (Å²) in [5.74, 6) is 0.885. The first-order chi connectivity index (χ1) is 12.1. The lowest BCUT2D eigenvalue weighted by Gasteiger charge is -2.13. The summed E-state index contributed by atoms with van der Waals surface area (Å²) in [7, 11) is 0. The largest absolute Gasteiger partial charge is 0.489 e. The molecule has 136 valence electrons. The molecule has 2 rings (SSSR count). The molecule has 0 aliphatic carbocycles. The summed E-state index contributed by atoms with van der Waals surface area (Å²) in [4.78, 5) is 0. The van der Waals surface area contributed by atoms with Gasteiger partial charge in [-0.3, -0.25) is 0 Å². The normalized spacial score (nSPS) is 10.9. The Morgan fingerprint density at radius 3 is 2.60 bits per heavy atom. The topological polar surface area (TPSA) is 21.3 Å². The van der Waals surface area contributed by atoms with E-state index in [1.165, 1.54) is 25.7 Å². The molecule has 2 aromatic rings. The molecule has 1 N–H and O–H groups in total. The summed E-state index contributed by atoms with van der Waals surface area (Å²) < 4.78 is 7.06. The molecule has 0 unspecified atom stereocenters. The minimum Gasteiger partial charge on any atom is -0.489 e. The molecule has 0 saturated heterocycles. The van der Waals surface area contributed by atoms with E-state index >= 15 is 0 Å². The highest BCUT2D eigenvalue weighted by Crippen LogP contribution is 2.26. The van der Waals surface area contributed by atoms with Gasteiger partial charge in [0.1, 0.15) is 12.4 Å². The number of halogens is 3. The molecule has 2 aromatic carbocycles. The molecule has 0 saturated carbocycles. The van der Waals surface area contributed by atoms with E-state index in [1.54, 1.807) is 6.07 Å². The fourth-order valence-corrected chi connectivity index (χ4v) is 3.25. The van der Waals surface area contributed by atoms with Crippen molar-refractivity contribution in [3.05, 3.63) is 62.0 Å². The van der Waals surface area contributed by atoms with E-state index in [9.17, 15) is 0 Å². The van der Waals surface area contributed by atoms with Gasteiger partial charge in [-0.2, -0.15) is 0 Å². The zero-order valence-corrected chi connectivity index (χ0v) is 17.6. The van der Waals surface area contributed by atoms with Crippen LogP contribution in [0.1, 0.15) is 43.7 Å². The molecule has 0 heterocycles. The first-order valence-electron chi connectivity index (χ1n) is 8.66. The van der Waals surface area contributed by atoms with Gasteiger partial charge in [-0.15, -0.1) is 0 Å². The van der Waals surface area contributed by atoms with Crippen molar-refractivity contribution >= 4 is 39.1 Å². The average molecular weight is 445 g/mol. The van der Waals surface area contributed by atoms with Crippen molar-refractivity contribution in [3.8, 4) is 5.75 Å². The SMILES string of the molecule is CCCCCCNCc1cc(Br)ccc1OCc1ccc(Cl)c(Cl)c1. The van der Waals surface area contributed by atoms with Gasteiger partial charge >= 0.3 is 0 Å². The monoisotopic (exact) mass is 443 g/mol. The Morgan fingerprint density at radius 1 is 1.00 bits per heavy atom. The Labute approximate surface area is 169 Å². The minimum atomic E-state index is 0.460. The minimum absolute atomic E-state index is 0.460. The number of rotatable bonds is 10. The van der Waals surface area contributed by atoms with Crippen molar-refractivity contribution in [1.82, 2.24) is 5.32 Å². The van der Waals surface area contributed by atoms with Crippen molar-refractivity contribution in [2.24, 2.45) is 0 Å². The number of hydrogen-bond donors (Lipinski definition) is 1. The van der Waals surface area contributed by atoms with Crippen LogP contribution in [0.15, 0.2) is 40.9 Å². The Morgan fingerprint density at radius 2 is 1.84 bits per heavy atom. The molecule has 0 spiro atoms. The van der Waals surface area contributed by atoms with Crippen molar-refractivity contribution < 1.29 is 4.74 Å². The maximum absolute atomic E-state index is 6.06. The highest BCUT2D eigenvalue weighted by molar-refractivity contribution is 9.10. The molecule has 5 heteroatoms. The van der Waals surface area contributed by atoms with Gasteiger partial charge in [-0.25, -0.2) is 0 Å². The van der Waals surface area contributed by atoms with Crippen LogP contribution in [-0.4, -0.2) is 6.54 Å². The van der Waals surface area contributed by atoms with Gasteiger partial charge < -0.3 is 10.1 Å². The third-order valence-electron chi connectivity index (χ3n) is 3.92. The van der Waals surface area contributed by atoms with E-state index in [1.807, 2.05) is 24.3 Å². The summed E-state index contributed by atoms with van der Waals surface area (Å²) >= 11 is 15.6. The molecule has 0 bridgehead atoms. The fourth-order valence-electron chi connectivity index (χ4n) is 2.52. The van der Waals surface area contributed by atoms with Crippen LogP contribution in [0.3, 0.4) is 0 Å². The molecule has 0 radical (unpaired) electrons. The van der Waals surface area contributed by atoms with E-state index in [4.69, 9.17) is 27.9 Å². The predicted molar refractivity (Wildman–Crippen MR) is 111 cm³/mol. The van der Waals surface area contributed by atoms with Gasteiger partial charge in [-0.05, 0) is 48.9 Å². The summed E-state index contributed by atoms with van der Waals surface area (Å²) in [6, 6.07) is 11.7. The first-order valence-corrected chi connectivity index (χ1v) is 10.2. The van der Waals surface area contributed by atoms with Crippen molar-refractivity contribution in [3.63, 3.8) is 0 Å².